The van der Waals surface area contributed by atoms with Crippen LogP contribution in [0.25, 0.3) is 0 Å². The summed E-state index contributed by atoms with van der Waals surface area (Å²) >= 11 is 0. The van der Waals surface area contributed by atoms with Gasteiger partial charge in [0, 0.05) is 0 Å². The van der Waals surface area contributed by atoms with Gasteiger partial charge in [-0.2, -0.15) is 0 Å². The molecule has 2 N–H and O–H groups in total. The van der Waals surface area contributed by atoms with Crippen LogP contribution in [0.5, 0.6) is 0 Å². The first-order valence-electron chi connectivity index (χ1n) is 1.13. The fourth-order valence-electron chi connectivity index (χ4n) is 0. The molecule has 0 aromatic heterocycles. The van der Waals surface area contributed by atoms with Crippen molar-refractivity contribution in [2.75, 3.05) is 0 Å². The number of hydrogen-bond acceptors (Lipinski definition) is 2. The van der Waals surface area contributed by atoms with Crippen molar-refractivity contribution in [3.05, 3.63) is 0 Å². The maximum atomic E-state index is 7.62. The molecule has 5 heavy (non-hydrogen) atoms. The molecule has 0 amide bonds. The van der Waals surface area contributed by atoms with E-state index in [0.717, 1.165) is 0 Å². The van der Waals surface area contributed by atoms with Gasteiger partial charge in [0.2, 0.25) is 0 Å². The van der Waals surface area contributed by atoms with E-state index in [1.54, 1.807) is 0 Å². The molecule has 0 aromatic carbocycles. The molecular weight excluding hydrogens is 76.6 g/mol. The van der Waals surface area contributed by atoms with Crippen LogP contribution in [0, 0.1) is 0 Å². The molecular formula is H5B2NaO2. The molecule has 0 aromatic rings. The van der Waals surface area contributed by atoms with E-state index in [2.05, 4.69) is 0 Å². The monoisotopic (exact) mass is 82.0 g/mol. The molecule has 2 nitrogen and oxygen atoms in total. The minimum absolute atomic E-state index is 0. The van der Waals surface area contributed by atoms with E-state index in [1.165, 1.54) is 0 Å². The van der Waals surface area contributed by atoms with Gasteiger partial charge >= 0.3 is 29.6 Å². The summed E-state index contributed by atoms with van der Waals surface area (Å²) in [5.74, 6) is 0. The van der Waals surface area contributed by atoms with Gasteiger partial charge in [0.15, 0.2) is 0 Å². The van der Waals surface area contributed by atoms with Gasteiger partial charge in [0.05, 0.1) is 0 Å². The van der Waals surface area contributed by atoms with Gasteiger partial charge in [-0.05, 0) is 0 Å². The van der Waals surface area contributed by atoms with Crippen molar-refractivity contribution in [2.45, 2.75) is 0 Å². The second kappa shape index (κ2) is 8.90. The maximum absolute atomic E-state index is 7.62. The molecule has 0 radical (unpaired) electrons. The molecule has 0 saturated heterocycles. The van der Waals surface area contributed by atoms with Crippen molar-refractivity contribution < 1.29 is 10.0 Å². The summed E-state index contributed by atoms with van der Waals surface area (Å²) in [4.78, 5) is 0. The van der Waals surface area contributed by atoms with Crippen LogP contribution in [0.4, 0.5) is 0 Å². The van der Waals surface area contributed by atoms with Crippen LogP contribution in [0.15, 0.2) is 0 Å². The fourth-order valence-corrected chi connectivity index (χ4v) is 0. The zero-order valence-corrected chi connectivity index (χ0v) is 2.31. The molecule has 0 aliphatic heterocycles. The van der Waals surface area contributed by atoms with E-state index in [1.807, 2.05) is 0 Å². The zero-order chi connectivity index (χ0) is 3.41. The van der Waals surface area contributed by atoms with Gasteiger partial charge in [0.1, 0.15) is 0 Å². The van der Waals surface area contributed by atoms with Crippen LogP contribution in [-0.2, 0) is 0 Å². The van der Waals surface area contributed by atoms with Gasteiger partial charge in [0.25, 0.3) is 14.7 Å². The second-order valence-corrected chi connectivity index (χ2v) is 0.447. The van der Waals surface area contributed by atoms with Crippen LogP contribution >= 0.6 is 0 Å². The molecule has 0 aliphatic rings. The van der Waals surface area contributed by atoms with E-state index in [0.29, 0.717) is 0 Å². The van der Waals surface area contributed by atoms with Crippen molar-refractivity contribution >= 4 is 44.3 Å². The SMILES string of the molecule is OBBO.[NaH]. The summed E-state index contributed by atoms with van der Waals surface area (Å²) in [7, 11) is -0.250. The number of hydrogen-bond donors (Lipinski definition) is 2. The summed E-state index contributed by atoms with van der Waals surface area (Å²) in [6.07, 6.45) is 0. The Hall–Kier alpha value is 1.05. The van der Waals surface area contributed by atoms with Crippen LogP contribution in [-0.4, -0.2) is 54.4 Å². The molecule has 0 unspecified atom stereocenters. The van der Waals surface area contributed by atoms with Crippen LogP contribution in [0.1, 0.15) is 0 Å². The Morgan fingerprint density at radius 1 is 1.00 bits per heavy atom. The molecule has 5 heteroatoms. The third-order valence-electron chi connectivity index (χ3n) is 0.1000. The quantitative estimate of drug-likeness (QED) is 0.329. The average molecular weight is 81.7 g/mol. The summed E-state index contributed by atoms with van der Waals surface area (Å²) in [5, 5.41) is 15.2. The fraction of sp³-hybridized carbons (Fsp3) is 0. The molecule has 0 fully saturated rings. The predicted molar refractivity (Wildman–Crippen MR) is 25.9 cm³/mol. The Kier molecular flexibility index (Phi) is 16.8. The Morgan fingerprint density at radius 3 is 1.20 bits per heavy atom. The first-order valence-corrected chi connectivity index (χ1v) is 1.13. The molecule has 0 bridgehead atoms. The summed E-state index contributed by atoms with van der Waals surface area (Å²) in [6, 6.07) is 0. The first kappa shape index (κ1) is 9.41. The Morgan fingerprint density at radius 2 is 1.20 bits per heavy atom. The van der Waals surface area contributed by atoms with Gasteiger partial charge in [-0.3, -0.25) is 0 Å². The molecule has 24 valence electrons. The second-order valence-electron chi connectivity index (χ2n) is 0.447. The molecule has 0 heterocycles. The normalized spacial score (nSPS) is 4.40. The Bertz CT molecular complexity index is 9.61. The van der Waals surface area contributed by atoms with Gasteiger partial charge < -0.3 is 10.0 Å². The molecule has 0 spiro atoms. The van der Waals surface area contributed by atoms with E-state index in [9.17, 15) is 0 Å². The topological polar surface area (TPSA) is 40.5 Å². The minimum atomic E-state index is -0.125. The Balaban J connectivity index is 0. The number of rotatable bonds is 1. The predicted octanol–water partition coefficient (Wildman–Crippen LogP) is -3.06. The summed E-state index contributed by atoms with van der Waals surface area (Å²) in [5.41, 5.74) is 0. The first-order chi connectivity index (χ1) is 1.91. The van der Waals surface area contributed by atoms with Crippen molar-refractivity contribution in [1.29, 1.82) is 0 Å². The van der Waals surface area contributed by atoms with Crippen molar-refractivity contribution in [1.82, 2.24) is 0 Å². The van der Waals surface area contributed by atoms with Crippen LogP contribution in [0.2, 0.25) is 0 Å². The van der Waals surface area contributed by atoms with Gasteiger partial charge in [-0.25, -0.2) is 0 Å². The summed E-state index contributed by atoms with van der Waals surface area (Å²) in [6.45, 7) is 0. The van der Waals surface area contributed by atoms with E-state index >= 15 is 0 Å². The zero-order valence-electron chi connectivity index (χ0n) is 2.31. The van der Waals surface area contributed by atoms with E-state index in [4.69, 9.17) is 10.0 Å². The molecule has 0 aliphatic carbocycles. The van der Waals surface area contributed by atoms with Crippen LogP contribution < -0.4 is 0 Å². The third kappa shape index (κ3) is 11.2. The van der Waals surface area contributed by atoms with Crippen molar-refractivity contribution in [3.63, 3.8) is 0 Å². The Labute approximate surface area is 54.4 Å². The molecule has 0 saturated carbocycles. The third-order valence-corrected chi connectivity index (χ3v) is 0.1000. The van der Waals surface area contributed by atoms with E-state index < -0.39 is 0 Å². The standard InChI is InChI=1S/B2H4O2.Na.H/c3-1-2-4;;/h1-4H;;. The summed E-state index contributed by atoms with van der Waals surface area (Å²) < 4.78 is 0. The van der Waals surface area contributed by atoms with Crippen molar-refractivity contribution in [2.24, 2.45) is 0 Å². The molecule has 0 atom stereocenters. The van der Waals surface area contributed by atoms with Gasteiger partial charge in [-0.15, -0.1) is 0 Å². The average Bonchev–Trinajstić information content (AvgIpc) is 1.37. The van der Waals surface area contributed by atoms with E-state index in [-0.39, 0.29) is 44.3 Å². The van der Waals surface area contributed by atoms with Crippen LogP contribution in [0.3, 0.4) is 0 Å². The molecule has 0 rings (SSSR count). The van der Waals surface area contributed by atoms with Crippen molar-refractivity contribution in [3.8, 4) is 0 Å². The van der Waals surface area contributed by atoms with Gasteiger partial charge in [-0.1, -0.05) is 0 Å².